The molecule has 3 aromatic heterocycles. The molecule has 0 saturated heterocycles. The van der Waals surface area contributed by atoms with Crippen molar-refractivity contribution in [2.45, 2.75) is 45.0 Å². The highest BCUT2D eigenvalue weighted by atomic mass is 32.2. The quantitative estimate of drug-likeness (QED) is 0.423. The van der Waals surface area contributed by atoms with Crippen LogP contribution in [0.1, 0.15) is 31.2 Å². The minimum atomic E-state index is -3.48. The second kappa shape index (κ2) is 8.61. The summed E-state index contributed by atoms with van der Waals surface area (Å²) in [4.78, 5) is 16.4. The molecular weight excluding hydrogens is 380 g/mol. The summed E-state index contributed by atoms with van der Waals surface area (Å²) in [7, 11) is -3.48. The van der Waals surface area contributed by atoms with Gasteiger partial charge >= 0.3 is 0 Å². The molecule has 0 aliphatic heterocycles. The molecule has 9 nitrogen and oxygen atoms in total. The number of nitrogens with zero attached hydrogens (tertiary/aromatic N) is 5. The molecule has 150 valence electrons. The van der Waals surface area contributed by atoms with E-state index >= 15 is 0 Å². The zero-order valence-corrected chi connectivity index (χ0v) is 16.8. The van der Waals surface area contributed by atoms with Gasteiger partial charge in [0.15, 0.2) is 5.82 Å². The molecule has 3 rings (SSSR count). The Kier molecular flexibility index (Phi) is 6.20. The first kappa shape index (κ1) is 20.2. The summed E-state index contributed by atoms with van der Waals surface area (Å²) in [6.07, 6.45) is 5.71. The number of hydrogen-bond acceptors (Lipinski definition) is 8. The summed E-state index contributed by atoms with van der Waals surface area (Å²) < 4.78 is 32.2. The van der Waals surface area contributed by atoms with Crippen LogP contribution in [0.15, 0.2) is 29.8 Å². The summed E-state index contributed by atoms with van der Waals surface area (Å²) in [5, 5.41) is -0.130. The lowest BCUT2D eigenvalue weighted by atomic mass is 10.2. The lowest BCUT2D eigenvalue weighted by molar-refractivity contribution is 0.126. The second-order valence-electron chi connectivity index (χ2n) is 6.40. The Hall–Kier alpha value is -2.59. The molecule has 28 heavy (non-hydrogen) atoms. The number of imidazole rings is 1. The van der Waals surface area contributed by atoms with Crippen LogP contribution >= 0.6 is 0 Å². The smallest absolute Gasteiger partial charge is 0.246 e. The maximum Gasteiger partial charge on any atom is 0.246 e. The molecule has 0 saturated carbocycles. The lowest BCUT2D eigenvalue weighted by Gasteiger charge is -2.11. The molecule has 0 unspecified atom stereocenters. The minimum Gasteiger partial charge on any atom is -0.382 e. The monoisotopic (exact) mass is 404 g/mol. The number of nitrogen functional groups attached to an aromatic ring is 1. The van der Waals surface area contributed by atoms with Gasteiger partial charge in [0.2, 0.25) is 15.0 Å². The van der Waals surface area contributed by atoms with E-state index in [4.69, 9.17) is 10.5 Å². The van der Waals surface area contributed by atoms with E-state index in [9.17, 15) is 8.42 Å². The third-order valence-electron chi connectivity index (χ3n) is 4.36. The number of sulfone groups is 1. The Balaban J connectivity index is 1.75. The highest BCUT2D eigenvalue weighted by Gasteiger charge is 2.18. The van der Waals surface area contributed by atoms with Crippen LogP contribution < -0.4 is 5.73 Å². The van der Waals surface area contributed by atoms with Crippen molar-refractivity contribution in [3.8, 4) is 0 Å². The molecule has 0 spiro atoms. The largest absolute Gasteiger partial charge is 0.382 e. The number of aryl methyl sites for hydroxylation is 2. The van der Waals surface area contributed by atoms with Crippen LogP contribution in [0.2, 0.25) is 0 Å². The van der Waals surface area contributed by atoms with Gasteiger partial charge < -0.3 is 15.0 Å². The summed E-state index contributed by atoms with van der Waals surface area (Å²) in [5.74, 6) is 1.13. The molecule has 2 N–H and O–H groups in total. The third kappa shape index (κ3) is 4.28. The molecule has 0 bridgehead atoms. The number of aromatic nitrogens is 5. The van der Waals surface area contributed by atoms with Crippen molar-refractivity contribution in [1.29, 1.82) is 0 Å². The number of anilines is 1. The molecule has 0 amide bonds. The maximum atomic E-state index is 12.3. The van der Waals surface area contributed by atoms with Crippen LogP contribution in [0.4, 0.5) is 5.82 Å². The third-order valence-corrected chi connectivity index (χ3v) is 5.95. The van der Waals surface area contributed by atoms with Crippen molar-refractivity contribution >= 4 is 26.7 Å². The Morgan fingerprint density at radius 2 is 1.93 bits per heavy atom. The molecule has 0 radical (unpaired) electrons. The number of pyridine rings is 1. The minimum absolute atomic E-state index is 0.00683. The predicted octanol–water partition coefficient (Wildman–Crippen LogP) is 1.90. The van der Waals surface area contributed by atoms with E-state index < -0.39 is 9.84 Å². The number of unbranched alkanes of at least 4 members (excludes halogenated alkanes) is 1. The molecule has 0 aliphatic carbocycles. The van der Waals surface area contributed by atoms with Crippen LogP contribution in [-0.4, -0.2) is 45.3 Å². The SMILES string of the molecule is CCOCc1nc2c(N)ncc(C)c2n1CCCCS(=O)(=O)c1ncccn1. The first-order chi connectivity index (χ1) is 13.4. The van der Waals surface area contributed by atoms with E-state index in [-0.39, 0.29) is 10.9 Å². The van der Waals surface area contributed by atoms with Gasteiger partial charge in [-0.15, -0.1) is 0 Å². The summed E-state index contributed by atoms with van der Waals surface area (Å²) in [5.41, 5.74) is 8.52. The average molecular weight is 404 g/mol. The van der Waals surface area contributed by atoms with E-state index in [0.29, 0.717) is 43.9 Å². The number of hydrogen-bond donors (Lipinski definition) is 1. The number of nitrogens with two attached hydrogens (primary N) is 1. The molecule has 0 aliphatic rings. The topological polar surface area (TPSA) is 126 Å². The van der Waals surface area contributed by atoms with Gasteiger partial charge in [-0.3, -0.25) is 0 Å². The predicted molar refractivity (Wildman–Crippen MR) is 105 cm³/mol. The molecule has 10 heteroatoms. The molecule has 0 fully saturated rings. The Morgan fingerprint density at radius 3 is 2.64 bits per heavy atom. The van der Waals surface area contributed by atoms with Gasteiger partial charge in [0, 0.05) is 31.7 Å². The van der Waals surface area contributed by atoms with Gasteiger partial charge in [0.25, 0.3) is 0 Å². The molecule has 3 heterocycles. The van der Waals surface area contributed by atoms with Gasteiger partial charge in [-0.25, -0.2) is 28.4 Å². The lowest BCUT2D eigenvalue weighted by Crippen LogP contribution is -2.12. The van der Waals surface area contributed by atoms with Crippen molar-refractivity contribution in [2.24, 2.45) is 0 Å². The van der Waals surface area contributed by atoms with Crippen molar-refractivity contribution < 1.29 is 13.2 Å². The van der Waals surface area contributed by atoms with Crippen molar-refractivity contribution in [1.82, 2.24) is 24.5 Å². The van der Waals surface area contributed by atoms with Gasteiger partial charge in [-0.05, 0) is 38.3 Å². The molecule has 0 aromatic carbocycles. The highest BCUT2D eigenvalue weighted by Crippen LogP contribution is 2.24. The van der Waals surface area contributed by atoms with Crippen LogP contribution in [0.3, 0.4) is 0 Å². The van der Waals surface area contributed by atoms with Gasteiger partial charge in [0.1, 0.15) is 17.9 Å². The van der Waals surface area contributed by atoms with E-state index in [1.54, 1.807) is 12.3 Å². The van der Waals surface area contributed by atoms with E-state index in [0.717, 1.165) is 16.9 Å². The normalized spacial score (nSPS) is 11.9. The van der Waals surface area contributed by atoms with Crippen LogP contribution in [0.25, 0.3) is 11.0 Å². The second-order valence-corrected chi connectivity index (χ2v) is 8.40. The zero-order valence-electron chi connectivity index (χ0n) is 16.0. The summed E-state index contributed by atoms with van der Waals surface area (Å²) in [6.45, 7) is 5.42. The fraction of sp³-hybridized carbons (Fsp3) is 0.444. The number of fused-ring (bicyclic) bond motifs is 1. The van der Waals surface area contributed by atoms with E-state index in [1.165, 1.54) is 12.4 Å². The van der Waals surface area contributed by atoms with Gasteiger partial charge in [-0.1, -0.05) is 0 Å². The van der Waals surface area contributed by atoms with Crippen molar-refractivity contribution in [2.75, 3.05) is 18.1 Å². The summed E-state index contributed by atoms with van der Waals surface area (Å²) >= 11 is 0. The molecule has 0 atom stereocenters. The average Bonchev–Trinajstić information content (AvgIpc) is 3.07. The zero-order chi connectivity index (χ0) is 20.1. The van der Waals surface area contributed by atoms with E-state index in [2.05, 4.69) is 19.9 Å². The number of ether oxygens (including phenoxy) is 1. The van der Waals surface area contributed by atoms with Gasteiger partial charge in [-0.2, -0.15) is 0 Å². The standard InChI is InChI=1S/C18H24N6O3S/c1-3-27-12-14-23-15-16(13(2)11-22-17(15)19)24(14)9-4-5-10-28(25,26)18-20-7-6-8-21-18/h6-8,11H,3-5,9-10,12H2,1-2H3,(H2,19,22). The van der Waals surface area contributed by atoms with E-state index in [1.807, 2.05) is 18.4 Å². The summed E-state index contributed by atoms with van der Waals surface area (Å²) in [6, 6.07) is 1.59. The first-order valence-electron chi connectivity index (χ1n) is 9.11. The van der Waals surface area contributed by atoms with Gasteiger partial charge in [0.05, 0.1) is 11.3 Å². The Bertz CT molecular complexity index is 1050. The fourth-order valence-electron chi connectivity index (χ4n) is 3.01. The first-order valence-corrected chi connectivity index (χ1v) is 10.8. The van der Waals surface area contributed by atoms with Crippen LogP contribution in [0, 0.1) is 6.92 Å². The number of rotatable bonds is 9. The maximum absolute atomic E-state index is 12.3. The van der Waals surface area contributed by atoms with Crippen LogP contribution in [0.5, 0.6) is 0 Å². The van der Waals surface area contributed by atoms with Crippen molar-refractivity contribution in [3.05, 3.63) is 36.0 Å². The molecule has 3 aromatic rings. The Labute approximate surface area is 163 Å². The highest BCUT2D eigenvalue weighted by molar-refractivity contribution is 7.91. The molecular formula is C18H24N6O3S. The van der Waals surface area contributed by atoms with Crippen molar-refractivity contribution in [3.63, 3.8) is 0 Å². The van der Waals surface area contributed by atoms with Crippen LogP contribution in [-0.2, 0) is 27.7 Å². The Morgan fingerprint density at radius 1 is 1.18 bits per heavy atom. The fourth-order valence-corrected chi connectivity index (χ4v) is 4.22.